The quantitative estimate of drug-likeness (QED) is 0.703. The Morgan fingerprint density at radius 3 is 2.64 bits per heavy atom. The van der Waals surface area contributed by atoms with Crippen molar-refractivity contribution in [2.45, 2.75) is 19.3 Å². The zero-order chi connectivity index (χ0) is 15.5. The number of hydrogen-bond donors (Lipinski definition) is 0. The molecule has 0 saturated heterocycles. The minimum atomic E-state index is 0.225. The Morgan fingerprint density at radius 1 is 1.14 bits per heavy atom. The lowest BCUT2D eigenvalue weighted by molar-refractivity contribution is 0.414. The Bertz CT molecular complexity index is 790. The minimum Gasteiger partial charge on any atom is -0.497 e. The maximum absolute atomic E-state index is 5.18. The Balaban J connectivity index is 1.81. The number of nitrogens with zero attached hydrogens (tertiary/aromatic N) is 3. The van der Waals surface area contributed by atoms with Gasteiger partial charge in [-0.15, -0.1) is 0 Å². The number of methoxy groups -OCH3 is 1. The first-order valence-electron chi connectivity index (χ1n) is 7.07. The first kappa shape index (κ1) is 14.9. The lowest BCUT2D eigenvalue weighted by atomic mass is 10.0. The Hall–Kier alpha value is -2.01. The summed E-state index contributed by atoms with van der Waals surface area (Å²) in [7, 11) is 1.67. The van der Waals surface area contributed by atoms with Crippen LogP contribution in [-0.4, -0.2) is 22.1 Å². The van der Waals surface area contributed by atoms with Crippen LogP contribution in [0.2, 0.25) is 0 Å². The fraction of sp³-hybridized carbons (Fsp3) is 0.235. The van der Waals surface area contributed by atoms with Gasteiger partial charge >= 0.3 is 0 Å². The van der Waals surface area contributed by atoms with E-state index in [0.717, 1.165) is 33.5 Å². The van der Waals surface area contributed by atoms with E-state index in [0.29, 0.717) is 0 Å². The highest BCUT2D eigenvalue weighted by molar-refractivity contribution is 9.10. The molecule has 0 aliphatic rings. The van der Waals surface area contributed by atoms with E-state index >= 15 is 0 Å². The van der Waals surface area contributed by atoms with Gasteiger partial charge in [0.25, 0.3) is 0 Å². The smallest absolute Gasteiger partial charge is 0.162 e. The largest absolute Gasteiger partial charge is 0.497 e. The van der Waals surface area contributed by atoms with E-state index in [-0.39, 0.29) is 5.92 Å². The number of benzene rings is 1. The van der Waals surface area contributed by atoms with Gasteiger partial charge in [0.2, 0.25) is 0 Å². The standard InChI is InChI=1S/C17H16BrN3O/c1-11(7-12-3-5-15(22-2)6-4-12)16-19-9-13-8-14(18)10-20-17(13)21-16/h3-6,8-11H,7H2,1-2H3. The van der Waals surface area contributed by atoms with E-state index < -0.39 is 0 Å². The van der Waals surface area contributed by atoms with Crippen LogP contribution in [0.1, 0.15) is 24.2 Å². The summed E-state index contributed by atoms with van der Waals surface area (Å²) >= 11 is 3.41. The monoisotopic (exact) mass is 357 g/mol. The maximum atomic E-state index is 5.18. The van der Waals surface area contributed by atoms with Crippen LogP contribution in [0.25, 0.3) is 11.0 Å². The SMILES string of the molecule is COc1ccc(CC(C)c2ncc3cc(Br)cnc3n2)cc1. The molecule has 1 aromatic carbocycles. The van der Waals surface area contributed by atoms with Crippen LogP contribution in [0.3, 0.4) is 0 Å². The molecule has 0 saturated carbocycles. The van der Waals surface area contributed by atoms with Gasteiger partial charge in [-0.2, -0.15) is 0 Å². The molecule has 1 atom stereocenters. The third kappa shape index (κ3) is 3.25. The summed E-state index contributed by atoms with van der Waals surface area (Å²) in [5.74, 6) is 1.91. The highest BCUT2D eigenvalue weighted by Crippen LogP contribution is 2.21. The van der Waals surface area contributed by atoms with E-state index in [1.807, 2.05) is 24.4 Å². The molecule has 0 bridgehead atoms. The summed E-state index contributed by atoms with van der Waals surface area (Å²) in [6, 6.07) is 10.1. The van der Waals surface area contributed by atoms with E-state index in [4.69, 9.17) is 4.74 Å². The second-order valence-electron chi connectivity index (χ2n) is 5.25. The molecule has 1 unspecified atom stereocenters. The number of ether oxygens (including phenoxy) is 1. The molecular weight excluding hydrogens is 342 g/mol. The van der Waals surface area contributed by atoms with Crippen molar-refractivity contribution in [1.29, 1.82) is 0 Å². The second kappa shape index (κ2) is 6.40. The summed E-state index contributed by atoms with van der Waals surface area (Å²) in [6.45, 7) is 2.13. The molecule has 0 aliphatic heterocycles. The van der Waals surface area contributed by atoms with Crippen molar-refractivity contribution in [3.05, 3.63) is 58.6 Å². The van der Waals surface area contributed by atoms with Gasteiger partial charge in [-0.1, -0.05) is 19.1 Å². The molecule has 0 N–H and O–H groups in total. The van der Waals surface area contributed by atoms with Gasteiger partial charge in [0.05, 0.1) is 7.11 Å². The molecule has 0 aliphatic carbocycles. The molecule has 4 nitrogen and oxygen atoms in total. The third-order valence-electron chi connectivity index (χ3n) is 3.56. The first-order chi connectivity index (χ1) is 10.7. The van der Waals surface area contributed by atoms with Crippen LogP contribution in [-0.2, 0) is 6.42 Å². The van der Waals surface area contributed by atoms with E-state index in [9.17, 15) is 0 Å². The van der Waals surface area contributed by atoms with Crippen molar-refractivity contribution < 1.29 is 4.74 Å². The lowest BCUT2D eigenvalue weighted by Crippen LogP contribution is -2.04. The van der Waals surface area contributed by atoms with Gasteiger partial charge in [-0.25, -0.2) is 15.0 Å². The van der Waals surface area contributed by atoms with Crippen molar-refractivity contribution in [2.24, 2.45) is 0 Å². The topological polar surface area (TPSA) is 47.9 Å². The van der Waals surface area contributed by atoms with Crippen LogP contribution < -0.4 is 4.74 Å². The van der Waals surface area contributed by atoms with E-state index in [1.54, 1.807) is 13.3 Å². The van der Waals surface area contributed by atoms with Gasteiger partial charge < -0.3 is 4.74 Å². The summed E-state index contributed by atoms with van der Waals surface area (Å²) in [6.07, 6.45) is 4.47. The van der Waals surface area contributed by atoms with Crippen LogP contribution >= 0.6 is 15.9 Å². The molecule has 112 valence electrons. The van der Waals surface area contributed by atoms with Crippen LogP contribution in [0, 0.1) is 0 Å². The number of aromatic nitrogens is 3. The predicted molar refractivity (Wildman–Crippen MR) is 90.1 cm³/mol. The summed E-state index contributed by atoms with van der Waals surface area (Å²) < 4.78 is 6.11. The summed E-state index contributed by atoms with van der Waals surface area (Å²) in [5, 5.41) is 0.940. The molecule has 3 aromatic rings. The fourth-order valence-electron chi connectivity index (χ4n) is 2.35. The number of hydrogen-bond acceptors (Lipinski definition) is 4. The predicted octanol–water partition coefficient (Wildman–Crippen LogP) is 4.14. The lowest BCUT2D eigenvalue weighted by Gasteiger charge is -2.11. The normalized spacial score (nSPS) is 12.3. The molecule has 22 heavy (non-hydrogen) atoms. The highest BCUT2D eigenvalue weighted by Gasteiger charge is 2.11. The zero-order valence-electron chi connectivity index (χ0n) is 12.5. The van der Waals surface area contributed by atoms with Crippen LogP contribution in [0.15, 0.2) is 47.2 Å². The molecule has 2 heterocycles. The highest BCUT2D eigenvalue weighted by atomic mass is 79.9. The molecule has 2 aromatic heterocycles. The van der Waals surface area contributed by atoms with Gasteiger partial charge in [0, 0.05) is 28.2 Å². The minimum absolute atomic E-state index is 0.225. The van der Waals surface area contributed by atoms with Crippen molar-refractivity contribution in [3.8, 4) is 5.75 Å². The van der Waals surface area contributed by atoms with Gasteiger partial charge in [-0.3, -0.25) is 0 Å². The molecule has 0 amide bonds. The Kier molecular flexibility index (Phi) is 4.34. The van der Waals surface area contributed by atoms with Crippen LogP contribution in [0.4, 0.5) is 0 Å². The number of rotatable bonds is 4. The molecule has 0 spiro atoms. The Morgan fingerprint density at radius 2 is 1.91 bits per heavy atom. The van der Waals surface area contributed by atoms with Crippen molar-refractivity contribution >= 4 is 27.0 Å². The average molecular weight is 358 g/mol. The summed E-state index contributed by atoms with van der Waals surface area (Å²) in [5.41, 5.74) is 1.97. The third-order valence-corrected chi connectivity index (χ3v) is 3.99. The maximum Gasteiger partial charge on any atom is 0.162 e. The molecular formula is C17H16BrN3O. The zero-order valence-corrected chi connectivity index (χ0v) is 14.0. The van der Waals surface area contributed by atoms with Crippen molar-refractivity contribution in [1.82, 2.24) is 15.0 Å². The molecule has 3 rings (SSSR count). The van der Waals surface area contributed by atoms with Crippen molar-refractivity contribution in [2.75, 3.05) is 7.11 Å². The summed E-state index contributed by atoms with van der Waals surface area (Å²) in [4.78, 5) is 13.4. The average Bonchev–Trinajstić information content (AvgIpc) is 2.55. The number of fused-ring (bicyclic) bond motifs is 1. The Labute approximate surface area is 137 Å². The first-order valence-corrected chi connectivity index (χ1v) is 7.86. The fourth-order valence-corrected chi connectivity index (χ4v) is 2.70. The molecule has 0 radical (unpaired) electrons. The number of halogens is 1. The second-order valence-corrected chi connectivity index (χ2v) is 6.16. The number of pyridine rings is 1. The van der Waals surface area contributed by atoms with Crippen molar-refractivity contribution in [3.63, 3.8) is 0 Å². The van der Waals surface area contributed by atoms with E-state index in [2.05, 4.69) is 49.9 Å². The van der Waals surface area contributed by atoms with Gasteiger partial charge in [0.1, 0.15) is 11.6 Å². The van der Waals surface area contributed by atoms with Gasteiger partial charge in [-0.05, 0) is 46.1 Å². The molecule has 5 heteroatoms. The van der Waals surface area contributed by atoms with E-state index in [1.165, 1.54) is 5.56 Å². The van der Waals surface area contributed by atoms with Gasteiger partial charge in [0.15, 0.2) is 5.65 Å². The molecule has 0 fully saturated rings. The van der Waals surface area contributed by atoms with Crippen LogP contribution in [0.5, 0.6) is 5.75 Å².